The molecule has 0 aliphatic heterocycles. The van der Waals surface area contributed by atoms with Gasteiger partial charge in [0.05, 0.1) is 6.20 Å². The lowest BCUT2D eigenvalue weighted by molar-refractivity contribution is 0.982. The second-order valence-corrected chi connectivity index (χ2v) is 5.79. The lowest BCUT2D eigenvalue weighted by Crippen LogP contribution is -2.03. The van der Waals surface area contributed by atoms with Crippen LogP contribution in [0.3, 0.4) is 0 Å². The number of benzene rings is 2. The second kappa shape index (κ2) is 7.27. The van der Waals surface area contributed by atoms with E-state index in [1.807, 2.05) is 37.3 Å². The first kappa shape index (κ1) is 16.2. The van der Waals surface area contributed by atoms with Crippen molar-refractivity contribution in [3.8, 4) is 0 Å². The second-order valence-electron chi connectivity index (χ2n) is 5.38. The van der Waals surface area contributed by atoms with Gasteiger partial charge in [0.1, 0.15) is 0 Å². The summed E-state index contributed by atoms with van der Waals surface area (Å²) in [6.07, 6.45) is 2.59. The van der Waals surface area contributed by atoms with E-state index in [1.54, 1.807) is 6.20 Å². The van der Waals surface area contributed by atoms with E-state index in [4.69, 9.17) is 11.6 Å². The van der Waals surface area contributed by atoms with Crippen LogP contribution >= 0.6 is 11.6 Å². The van der Waals surface area contributed by atoms with Crippen molar-refractivity contribution < 1.29 is 0 Å². The van der Waals surface area contributed by atoms with E-state index in [1.165, 1.54) is 5.56 Å². The summed E-state index contributed by atoms with van der Waals surface area (Å²) in [5.41, 5.74) is 4.06. The highest BCUT2D eigenvalue weighted by molar-refractivity contribution is 6.31. The molecule has 0 atom stereocenters. The molecule has 0 amide bonds. The minimum absolute atomic E-state index is 0.434. The van der Waals surface area contributed by atoms with Gasteiger partial charge in [-0.1, -0.05) is 36.7 Å². The Balaban J connectivity index is 1.77. The van der Waals surface area contributed by atoms with E-state index in [0.717, 1.165) is 23.4 Å². The standard InChI is InChI=1S/C18H18ClN5/c1-3-13-7-9-14(10-8-13)21-18-23-17(11-20-24-18)22-16-6-4-5-15(19)12(16)2/h4-11H,3H2,1-2H3,(H2,21,22,23,24). The van der Waals surface area contributed by atoms with Gasteiger partial charge >= 0.3 is 0 Å². The minimum atomic E-state index is 0.434. The first-order valence-electron chi connectivity index (χ1n) is 7.73. The number of rotatable bonds is 5. The Morgan fingerprint density at radius 3 is 2.58 bits per heavy atom. The molecule has 6 heteroatoms. The Bertz CT molecular complexity index is 833. The predicted molar refractivity (Wildman–Crippen MR) is 98.4 cm³/mol. The largest absolute Gasteiger partial charge is 0.339 e. The summed E-state index contributed by atoms with van der Waals surface area (Å²) in [5, 5.41) is 15.1. The summed E-state index contributed by atoms with van der Waals surface area (Å²) in [6.45, 7) is 4.08. The maximum atomic E-state index is 6.14. The zero-order chi connectivity index (χ0) is 16.9. The third kappa shape index (κ3) is 3.81. The first-order chi connectivity index (χ1) is 11.7. The molecule has 0 fully saturated rings. The first-order valence-corrected chi connectivity index (χ1v) is 8.11. The number of hydrogen-bond donors (Lipinski definition) is 2. The zero-order valence-corrected chi connectivity index (χ0v) is 14.3. The molecule has 24 heavy (non-hydrogen) atoms. The fraction of sp³-hybridized carbons (Fsp3) is 0.167. The lowest BCUT2D eigenvalue weighted by Gasteiger charge is -2.10. The summed E-state index contributed by atoms with van der Waals surface area (Å²) >= 11 is 6.14. The van der Waals surface area contributed by atoms with E-state index < -0.39 is 0 Å². The van der Waals surface area contributed by atoms with E-state index in [-0.39, 0.29) is 0 Å². The number of nitrogens with one attached hydrogen (secondary N) is 2. The molecule has 2 N–H and O–H groups in total. The molecule has 0 bridgehead atoms. The zero-order valence-electron chi connectivity index (χ0n) is 13.5. The van der Waals surface area contributed by atoms with Gasteiger partial charge in [-0.05, 0) is 48.7 Å². The van der Waals surface area contributed by atoms with Crippen LogP contribution in [0.15, 0.2) is 48.7 Å². The maximum Gasteiger partial charge on any atom is 0.249 e. The van der Waals surface area contributed by atoms with Crippen molar-refractivity contribution in [1.29, 1.82) is 0 Å². The van der Waals surface area contributed by atoms with Gasteiger partial charge in [0.2, 0.25) is 5.95 Å². The molecule has 2 aromatic carbocycles. The molecule has 0 spiro atoms. The molecular formula is C18H18ClN5. The van der Waals surface area contributed by atoms with Gasteiger partial charge in [-0.15, -0.1) is 5.10 Å². The van der Waals surface area contributed by atoms with E-state index in [9.17, 15) is 0 Å². The topological polar surface area (TPSA) is 62.7 Å². The molecule has 1 heterocycles. The smallest absolute Gasteiger partial charge is 0.249 e. The van der Waals surface area contributed by atoms with Crippen LogP contribution in [-0.4, -0.2) is 15.2 Å². The SMILES string of the molecule is CCc1ccc(Nc2nncc(Nc3cccc(Cl)c3C)n2)cc1. The number of hydrogen-bond acceptors (Lipinski definition) is 5. The average Bonchev–Trinajstić information content (AvgIpc) is 2.60. The van der Waals surface area contributed by atoms with Crippen LogP contribution in [-0.2, 0) is 6.42 Å². The Kier molecular flexibility index (Phi) is 4.91. The number of aromatic nitrogens is 3. The van der Waals surface area contributed by atoms with Gasteiger partial charge < -0.3 is 10.6 Å². The molecule has 5 nitrogen and oxygen atoms in total. The molecule has 0 aliphatic rings. The molecular weight excluding hydrogens is 322 g/mol. The molecule has 0 aliphatic carbocycles. The van der Waals surface area contributed by atoms with Crippen molar-refractivity contribution >= 4 is 34.7 Å². The average molecular weight is 340 g/mol. The van der Waals surface area contributed by atoms with Gasteiger partial charge in [-0.3, -0.25) is 0 Å². The highest BCUT2D eigenvalue weighted by atomic mass is 35.5. The Labute approximate surface area is 146 Å². The van der Waals surface area contributed by atoms with E-state index >= 15 is 0 Å². The minimum Gasteiger partial charge on any atom is -0.339 e. The number of nitrogens with zero attached hydrogens (tertiary/aromatic N) is 3. The summed E-state index contributed by atoms with van der Waals surface area (Å²) in [7, 11) is 0. The van der Waals surface area contributed by atoms with Crippen LogP contribution in [0.2, 0.25) is 5.02 Å². The van der Waals surface area contributed by atoms with Crippen molar-refractivity contribution in [2.45, 2.75) is 20.3 Å². The van der Waals surface area contributed by atoms with Crippen molar-refractivity contribution in [3.63, 3.8) is 0 Å². The van der Waals surface area contributed by atoms with Crippen LogP contribution in [0, 0.1) is 6.92 Å². The van der Waals surface area contributed by atoms with Crippen molar-refractivity contribution in [2.24, 2.45) is 0 Å². The number of aryl methyl sites for hydroxylation is 1. The quantitative estimate of drug-likeness (QED) is 0.693. The fourth-order valence-electron chi connectivity index (χ4n) is 2.25. The third-order valence-corrected chi connectivity index (χ3v) is 4.12. The molecule has 3 rings (SSSR count). The number of halogens is 1. The van der Waals surface area contributed by atoms with Crippen LogP contribution in [0.5, 0.6) is 0 Å². The molecule has 1 aromatic heterocycles. The lowest BCUT2D eigenvalue weighted by atomic mass is 10.1. The molecule has 0 radical (unpaired) electrons. The third-order valence-electron chi connectivity index (χ3n) is 3.71. The highest BCUT2D eigenvalue weighted by Crippen LogP contribution is 2.25. The normalized spacial score (nSPS) is 10.5. The summed E-state index contributed by atoms with van der Waals surface area (Å²) in [4.78, 5) is 4.44. The Morgan fingerprint density at radius 1 is 1.04 bits per heavy atom. The van der Waals surface area contributed by atoms with Crippen LogP contribution in [0.4, 0.5) is 23.1 Å². The molecule has 122 valence electrons. The Hall–Kier alpha value is -2.66. The van der Waals surface area contributed by atoms with Gasteiger partial charge in [0.25, 0.3) is 0 Å². The Morgan fingerprint density at radius 2 is 1.83 bits per heavy atom. The van der Waals surface area contributed by atoms with E-state index in [0.29, 0.717) is 16.8 Å². The monoisotopic (exact) mass is 339 g/mol. The summed E-state index contributed by atoms with van der Waals surface area (Å²) < 4.78 is 0. The molecule has 0 saturated heterocycles. The maximum absolute atomic E-state index is 6.14. The van der Waals surface area contributed by atoms with Crippen molar-refractivity contribution in [3.05, 3.63) is 64.8 Å². The molecule has 0 saturated carbocycles. The summed E-state index contributed by atoms with van der Waals surface area (Å²) in [5.74, 6) is 1.03. The van der Waals surface area contributed by atoms with Crippen LogP contribution in [0.1, 0.15) is 18.1 Å². The van der Waals surface area contributed by atoms with Gasteiger partial charge in [0.15, 0.2) is 5.82 Å². The van der Waals surface area contributed by atoms with Crippen LogP contribution < -0.4 is 10.6 Å². The van der Waals surface area contributed by atoms with Crippen LogP contribution in [0.25, 0.3) is 0 Å². The van der Waals surface area contributed by atoms with Gasteiger partial charge in [-0.2, -0.15) is 10.1 Å². The van der Waals surface area contributed by atoms with Gasteiger partial charge in [-0.25, -0.2) is 0 Å². The fourth-order valence-corrected chi connectivity index (χ4v) is 2.43. The van der Waals surface area contributed by atoms with Crippen molar-refractivity contribution in [2.75, 3.05) is 10.6 Å². The highest BCUT2D eigenvalue weighted by Gasteiger charge is 2.05. The van der Waals surface area contributed by atoms with E-state index in [2.05, 4.69) is 44.9 Å². The van der Waals surface area contributed by atoms with Crippen molar-refractivity contribution in [1.82, 2.24) is 15.2 Å². The summed E-state index contributed by atoms with van der Waals surface area (Å²) in [6, 6.07) is 13.8. The number of anilines is 4. The molecule has 0 unspecified atom stereocenters. The molecule has 3 aromatic rings. The van der Waals surface area contributed by atoms with Gasteiger partial charge in [0, 0.05) is 16.4 Å². The predicted octanol–water partition coefficient (Wildman–Crippen LogP) is 4.88.